The maximum atomic E-state index is 12.0. The quantitative estimate of drug-likeness (QED) is 0.909. The first kappa shape index (κ1) is 15.0. The van der Waals surface area contributed by atoms with E-state index in [4.69, 9.17) is 0 Å². The average molecular weight is 285 g/mol. The Morgan fingerprint density at radius 2 is 2.00 bits per heavy atom. The third-order valence-corrected chi connectivity index (χ3v) is 3.13. The summed E-state index contributed by atoms with van der Waals surface area (Å²) in [5, 5.41) is 2.78. The Balaban J connectivity index is 2.03. The smallest absolute Gasteiger partial charge is 0.253 e. The zero-order valence-electron chi connectivity index (χ0n) is 12.2. The van der Waals surface area contributed by atoms with E-state index in [0.717, 1.165) is 5.56 Å². The summed E-state index contributed by atoms with van der Waals surface area (Å²) in [5.41, 5.74) is 1.44. The third kappa shape index (κ3) is 4.02. The van der Waals surface area contributed by atoms with Gasteiger partial charge in [-0.25, -0.2) is 4.98 Å². The van der Waals surface area contributed by atoms with Crippen molar-refractivity contribution in [3.63, 3.8) is 0 Å². The lowest BCUT2D eigenvalue weighted by molar-refractivity contribution is -0.124. The number of aromatic nitrogens is 2. The number of rotatable bonds is 5. The highest BCUT2D eigenvalue weighted by atomic mass is 16.2. The lowest BCUT2D eigenvalue weighted by Crippen LogP contribution is -2.33. The normalized spacial score (nSPS) is 10.6. The lowest BCUT2D eigenvalue weighted by Gasteiger charge is -2.09. The summed E-state index contributed by atoms with van der Waals surface area (Å²) in [7, 11) is 0. The SMILES string of the molecule is CC(C)C(=O)NCCn1cnc(-c2ccccc2)cc1=O. The van der Waals surface area contributed by atoms with E-state index in [1.807, 2.05) is 44.2 Å². The van der Waals surface area contributed by atoms with E-state index in [2.05, 4.69) is 10.3 Å². The van der Waals surface area contributed by atoms with Crippen LogP contribution < -0.4 is 10.9 Å². The maximum absolute atomic E-state index is 12.0. The van der Waals surface area contributed by atoms with Gasteiger partial charge in [0.1, 0.15) is 0 Å². The van der Waals surface area contributed by atoms with Gasteiger partial charge in [-0.3, -0.25) is 14.2 Å². The highest BCUT2D eigenvalue weighted by Crippen LogP contribution is 2.13. The van der Waals surface area contributed by atoms with E-state index < -0.39 is 0 Å². The first-order chi connectivity index (χ1) is 10.1. The van der Waals surface area contributed by atoms with Crippen LogP contribution in [0.2, 0.25) is 0 Å². The zero-order chi connectivity index (χ0) is 15.2. The largest absolute Gasteiger partial charge is 0.354 e. The van der Waals surface area contributed by atoms with Crippen molar-refractivity contribution >= 4 is 5.91 Å². The van der Waals surface area contributed by atoms with Gasteiger partial charge in [0, 0.05) is 30.6 Å². The fourth-order valence-electron chi connectivity index (χ4n) is 1.86. The molecule has 2 rings (SSSR count). The number of carbonyl (C=O) groups is 1. The minimum Gasteiger partial charge on any atom is -0.354 e. The Hall–Kier alpha value is -2.43. The fourth-order valence-corrected chi connectivity index (χ4v) is 1.86. The van der Waals surface area contributed by atoms with Gasteiger partial charge in [0.05, 0.1) is 12.0 Å². The minimum absolute atomic E-state index is 0.0167. The van der Waals surface area contributed by atoms with Crippen molar-refractivity contribution in [1.82, 2.24) is 14.9 Å². The van der Waals surface area contributed by atoms with Gasteiger partial charge in [0.15, 0.2) is 0 Å². The Kier molecular flexibility index (Phi) is 4.87. The van der Waals surface area contributed by atoms with Gasteiger partial charge in [-0.1, -0.05) is 44.2 Å². The molecule has 0 saturated carbocycles. The molecule has 0 fully saturated rings. The van der Waals surface area contributed by atoms with Gasteiger partial charge < -0.3 is 5.32 Å². The number of hydrogen-bond acceptors (Lipinski definition) is 3. The van der Waals surface area contributed by atoms with Gasteiger partial charge in [-0.15, -0.1) is 0 Å². The Morgan fingerprint density at radius 1 is 1.29 bits per heavy atom. The fraction of sp³-hybridized carbons (Fsp3) is 0.312. The van der Waals surface area contributed by atoms with Gasteiger partial charge in [0.25, 0.3) is 5.56 Å². The zero-order valence-corrected chi connectivity index (χ0v) is 12.2. The summed E-state index contributed by atoms with van der Waals surface area (Å²) in [5.74, 6) is -0.0720. The Morgan fingerprint density at radius 3 is 2.62 bits per heavy atom. The van der Waals surface area contributed by atoms with E-state index in [9.17, 15) is 9.59 Å². The molecule has 1 aromatic carbocycles. The second-order valence-electron chi connectivity index (χ2n) is 5.12. The molecule has 0 unspecified atom stereocenters. The number of carbonyl (C=O) groups excluding carboxylic acids is 1. The molecule has 0 aliphatic carbocycles. The van der Waals surface area contributed by atoms with Crippen LogP contribution in [-0.4, -0.2) is 22.0 Å². The van der Waals surface area contributed by atoms with Crippen molar-refractivity contribution in [2.45, 2.75) is 20.4 Å². The molecule has 5 nitrogen and oxygen atoms in total. The van der Waals surface area contributed by atoms with Crippen LogP contribution in [0.15, 0.2) is 47.5 Å². The molecule has 21 heavy (non-hydrogen) atoms. The maximum Gasteiger partial charge on any atom is 0.253 e. The van der Waals surface area contributed by atoms with Crippen molar-refractivity contribution in [2.24, 2.45) is 5.92 Å². The van der Waals surface area contributed by atoms with Gasteiger partial charge in [-0.2, -0.15) is 0 Å². The lowest BCUT2D eigenvalue weighted by atomic mass is 10.1. The first-order valence-corrected chi connectivity index (χ1v) is 6.97. The van der Waals surface area contributed by atoms with Crippen molar-refractivity contribution < 1.29 is 4.79 Å². The second kappa shape index (κ2) is 6.83. The Labute approximate surface area is 123 Å². The van der Waals surface area contributed by atoms with Gasteiger partial charge in [0.2, 0.25) is 5.91 Å². The molecule has 1 heterocycles. The number of hydrogen-bond donors (Lipinski definition) is 1. The Bertz CT molecular complexity index is 663. The van der Waals surface area contributed by atoms with Gasteiger partial charge >= 0.3 is 0 Å². The summed E-state index contributed by atoms with van der Waals surface area (Å²) in [6.45, 7) is 4.50. The van der Waals surface area contributed by atoms with Crippen LogP contribution in [0.3, 0.4) is 0 Å². The molecule has 0 bridgehead atoms. The van der Waals surface area contributed by atoms with Crippen LogP contribution in [0.1, 0.15) is 13.8 Å². The van der Waals surface area contributed by atoms with Crippen LogP contribution in [-0.2, 0) is 11.3 Å². The predicted octanol–water partition coefficient (Wildman–Crippen LogP) is 1.68. The average Bonchev–Trinajstić information content (AvgIpc) is 2.49. The topological polar surface area (TPSA) is 64.0 Å². The van der Waals surface area contributed by atoms with Crippen LogP contribution in [0.25, 0.3) is 11.3 Å². The molecule has 2 aromatic rings. The molecule has 0 aliphatic rings. The van der Waals surface area contributed by atoms with Crippen molar-refractivity contribution in [3.8, 4) is 11.3 Å². The molecular formula is C16H19N3O2. The van der Waals surface area contributed by atoms with Crippen molar-refractivity contribution in [3.05, 3.63) is 53.1 Å². The standard InChI is InChI=1S/C16H19N3O2/c1-12(2)16(21)17-8-9-19-11-18-14(10-15(19)20)13-6-4-3-5-7-13/h3-7,10-12H,8-9H2,1-2H3,(H,17,21). The summed E-state index contributed by atoms with van der Waals surface area (Å²) in [4.78, 5) is 27.8. The highest BCUT2D eigenvalue weighted by molar-refractivity contribution is 5.77. The monoisotopic (exact) mass is 285 g/mol. The molecular weight excluding hydrogens is 266 g/mol. The first-order valence-electron chi connectivity index (χ1n) is 6.97. The minimum atomic E-state index is -0.123. The summed E-state index contributed by atoms with van der Waals surface area (Å²) in [6, 6.07) is 11.1. The van der Waals surface area contributed by atoms with E-state index in [1.54, 1.807) is 0 Å². The molecule has 1 aromatic heterocycles. The third-order valence-electron chi connectivity index (χ3n) is 3.13. The highest BCUT2D eigenvalue weighted by Gasteiger charge is 2.06. The van der Waals surface area contributed by atoms with E-state index >= 15 is 0 Å². The molecule has 5 heteroatoms. The predicted molar refractivity (Wildman–Crippen MR) is 81.8 cm³/mol. The molecule has 1 amide bonds. The number of amides is 1. The van der Waals surface area contributed by atoms with E-state index in [-0.39, 0.29) is 17.4 Å². The van der Waals surface area contributed by atoms with E-state index in [1.165, 1.54) is 17.0 Å². The number of nitrogens with one attached hydrogen (secondary N) is 1. The molecule has 0 atom stereocenters. The van der Waals surface area contributed by atoms with Crippen LogP contribution in [0.5, 0.6) is 0 Å². The number of benzene rings is 1. The molecule has 0 saturated heterocycles. The molecule has 110 valence electrons. The molecule has 1 N–H and O–H groups in total. The van der Waals surface area contributed by atoms with Crippen molar-refractivity contribution in [2.75, 3.05) is 6.54 Å². The molecule has 0 radical (unpaired) electrons. The van der Waals surface area contributed by atoms with Gasteiger partial charge in [-0.05, 0) is 0 Å². The molecule has 0 aliphatic heterocycles. The summed E-state index contributed by atoms with van der Waals surface area (Å²) < 4.78 is 1.49. The number of nitrogens with zero attached hydrogens (tertiary/aromatic N) is 2. The van der Waals surface area contributed by atoms with Crippen LogP contribution in [0.4, 0.5) is 0 Å². The molecule has 0 spiro atoms. The van der Waals surface area contributed by atoms with Crippen molar-refractivity contribution in [1.29, 1.82) is 0 Å². The second-order valence-corrected chi connectivity index (χ2v) is 5.12. The van der Waals surface area contributed by atoms with Crippen LogP contribution >= 0.6 is 0 Å². The summed E-state index contributed by atoms with van der Waals surface area (Å²) >= 11 is 0. The van der Waals surface area contributed by atoms with Crippen LogP contribution in [0, 0.1) is 5.92 Å². The van der Waals surface area contributed by atoms with E-state index in [0.29, 0.717) is 18.8 Å². The summed E-state index contributed by atoms with van der Waals surface area (Å²) in [6.07, 6.45) is 1.52.